The average Bonchev–Trinajstić information content (AvgIpc) is 2.26. The molecule has 2 N–H and O–H groups in total. The lowest BCUT2D eigenvalue weighted by atomic mass is 10.2. The van der Waals surface area contributed by atoms with Gasteiger partial charge in [-0.05, 0) is 12.1 Å². The maximum atomic E-state index is 11.0. The maximum Gasteiger partial charge on any atom is 0.221 e. The van der Waals surface area contributed by atoms with E-state index in [9.17, 15) is 4.79 Å². The Balaban J connectivity index is 2.67. The van der Waals surface area contributed by atoms with Gasteiger partial charge in [-0.3, -0.25) is 4.79 Å². The minimum atomic E-state index is -0.133. The number of benzene rings is 1. The molecule has 1 amide bonds. The van der Waals surface area contributed by atoms with Crippen molar-refractivity contribution in [2.45, 2.75) is 13.8 Å². The number of carbonyl (C=O) groups is 1. The van der Waals surface area contributed by atoms with Crippen LogP contribution in [0.4, 0.5) is 5.69 Å². The van der Waals surface area contributed by atoms with Gasteiger partial charge in [0, 0.05) is 19.4 Å². The monoisotopic (exact) mass is 223 g/mol. The van der Waals surface area contributed by atoms with E-state index in [1.165, 1.54) is 6.92 Å². The molecule has 88 valence electrons. The normalized spacial score (nSPS) is 11.9. The molecular formula is C12H17NO3. The Bertz CT molecular complexity index is 352. The molecule has 1 aromatic carbocycles. The molecule has 0 aliphatic carbocycles. The van der Waals surface area contributed by atoms with Gasteiger partial charge in [-0.15, -0.1) is 0 Å². The van der Waals surface area contributed by atoms with Crippen LogP contribution in [0.25, 0.3) is 0 Å². The third kappa shape index (κ3) is 3.90. The SMILES string of the molecule is CC(=O)Nc1ccccc1OCC(C)CO. The number of hydrogen-bond acceptors (Lipinski definition) is 3. The lowest BCUT2D eigenvalue weighted by molar-refractivity contribution is -0.114. The largest absolute Gasteiger partial charge is 0.491 e. The van der Waals surface area contributed by atoms with Crippen LogP contribution >= 0.6 is 0 Å². The van der Waals surface area contributed by atoms with Crippen molar-refractivity contribution in [2.24, 2.45) is 5.92 Å². The Kier molecular flexibility index (Phi) is 4.79. The van der Waals surface area contributed by atoms with Gasteiger partial charge in [-0.25, -0.2) is 0 Å². The van der Waals surface area contributed by atoms with Crippen LogP contribution in [0.3, 0.4) is 0 Å². The number of aliphatic hydroxyl groups is 1. The van der Waals surface area contributed by atoms with Crippen LogP contribution in [0.15, 0.2) is 24.3 Å². The third-order valence-corrected chi connectivity index (χ3v) is 2.03. The second kappa shape index (κ2) is 6.12. The van der Waals surface area contributed by atoms with Crippen molar-refractivity contribution >= 4 is 11.6 Å². The number of rotatable bonds is 5. The molecule has 0 bridgehead atoms. The molecule has 1 aromatic rings. The Morgan fingerprint density at radius 1 is 1.50 bits per heavy atom. The van der Waals surface area contributed by atoms with E-state index in [4.69, 9.17) is 9.84 Å². The molecule has 0 aromatic heterocycles. The molecule has 0 saturated heterocycles. The molecule has 4 heteroatoms. The minimum absolute atomic E-state index is 0.0744. The van der Waals surface area contributed by atoms with Crippen LogP contribution in [0, 0.1) is 5.92 Å². The zero-order valence-electron chi connectivity index (χ0n) is 9.56. The maximum absolute atomic E-state index is 11.0. The number of nitrogens with one attached hydrogen (secondary N) is 1. The molecule has 0 saturated carbocycles. The second-order valence-electron chi connectivity index (χ2n) is 3.78. The summed E-state index contributed by atoms with van der Waals surface area (Å²) >= 11 is 0. The topological polar surface area (TPSA) is 58.6 Å². The summed E-state index contributed by atoms with van der Waals surface area (Å²) in [6.07, 6.45) is 0. The Morgan fingerprint density at radius 2 is 2.19 bits per heavy atom. The van der Waals surface area contributed by atoms with E-state index in [-0.39, 0.29) is 18.4 Å². The molecule has 1 rings (SSSR count). The van der Waals surface area contributed by atoms with Crippen molar-refractivity contribution in [3.63, 3.8) is 0 Å². The fraction of sp³-hybridized carbons (Fsp3) is 0.417. The van der Waals surface area contributed by atoms with Gasteiger partial charge in [-0.2, -0.15) is 0 Å². The van der Waals surface area contributed by atoms with Gasteiger partial charge in [-0.1, -0.05) is 19.1 Å². The molecule has 0 spiro atoms. The molecule has 0 radical (unpaired) electrons. The lowest BCUT2D eigenvalue weighted by Crippen LogP contribution is -2.14. The fourth-order valence-corrected chi connectivity index (χ4v) is 1.17. The Hall–Kier alpha value is -1.55. The number of aliphatic hydroxyl groups excluding tert-OH is 1. The van der Waals surface area contributed by atoms with Gasteiger partial charge in [0.05, 0.1) is 12.3 Å². The van der Waals surface area contributed by atoms with Crippen molar-refractivity contribution in [3.05, 3.63) is 24.3 Å². The van der Waals surface area contributed by atoms with Gasteiger partial charge in [0.25, 0.3) is 0 Å². The van der Waals surface area contributed by atoms with Crippen molar-refractivity contribution in [2.75, 3.05) is 18.5 Å². The van der Waals surface area contributed by atoms with Crippen molar-refractivity contribution in [3.8, 4) is 5.75 Å². The summed E-state index contributed by atoms with van der Waals surface area (Å²) in [5.41, 5.74) is 0.653. The minimum Gasteiger partial charge on any atom is -0.491 e. The number of amides is 1. The van der Waals surface area contributed by atoms with Gasteiger partial charge in [0.2, 0.25) is 5.91 Å². The van der Waals surface area contributed by atoms with Crippen molar-refractivity contribution < 1.29 is 14.6 Å². The molecule has 1 atom stereocenters. The molecule has 16 heavy (non-hydrogen) atoms. The Labute approximate surface area is 95.2 Å². The molecule has 4 nitrogen and oxygen atoms in total. The van der Waals surface area contributed by atoms with E-state index in [0.717, 1.165) is 0 Å². The number of carbonyl (C=O) groups excluding carboxylic acids is 1. The first-order chi connectivity index (χ1) is 7.63. The van der Waals surface area contributed by atoms with E-state index in [1.807, 2.05) is 19.1 Å². The summed E-state index contributed by atoms with van der Waals surface area (Å²) in [4.78, 5) is 11.0. The molecule has 0 fully saturated rings. The molecule has 0 heterocycles. The Morgan fingerprint density at radius 3 is 2.81 bits per heavy atom. The third-order valence-electron chi connectivity index (χ3n) is 2.03. The van der Waals surface area contributed by atoms with Crippen LogP contribution in [0.2, 0.25) is 0 Å². The summed E-state index contributed by atoms with van der Waals surface area (Å²) < 4.78 is 5.52. The average molecular weight is 223 g/mol. The summed E-state index contributed by atoms with van der Waals surface area (Å²) in [5.74, 6) is 0.564. The van der Waals surface area contributed by atoms with E-state index in [1.54, 1.807) is 12.1 Å². The van der Waals surface area contributed by atoms with Crippen LogP contribution in [-0.4, -0.2) is 24.2 Å². The zero-order chi connectivity index (χ0) is 12.0. The van der Waals surface area contributed by atoms with Crippen molar-refractivity contribution in [1.29, 1.82) is 0 Å². The first-order valence-corrected chi connectivity index (χ1v) is 5.23. The lowest BCUT2D eigenvalue weighted by Gasteiger charge is -2.13. The highest BCUT2D eigenvalue weighted by atomic mass is 16.5. The van der Waals surface area contributed by atoms with E-state index >= 15 is 0 Å². The number of hydrogen-bond donors (Lipinski definition) is 2. The fourth-order valence-electron chi connectivity index (χ4n) is 1.17. The van der Waals surface area contributed by atoms with E-state index in [0.29, 0.717) is 18.0 Å². The van der Waals surface area contributed by atoms with Gasteiger partial charge in [0.1, 0.15) is 5.75 Å². The van der Waals surface area contributed by atoms with Gasteiger partial charge < -0.3 is 15.2 Å². The van der Waals surface area contributed by atoms with Crippen LogP contribution in [0.1, 0.15) is 13.8 Å². The second-order valence-corrected chi connectivity index (χ2v) is 3.78. The van der Waals surface area contributed by atoms with Crippen LogP contribution < -0.4 is 10.1 Å². The summed E-state index contributed by atoms with van der Waals surface area (Å²) in [6, 6.07) is 7.23. The molecular weight excluding hydrogens is 206 g/mol. The quantitative estimate of drug-likeness (QED) is 0.798. The van der Waals surface area contributed by atoms with E-state index in [2.05, 4.69) is 5.32 Å². The van der Waals surface area contributed by atoms with E-state index < -0.39 is 0 Å². The predicted octanol–water partition coefficient (Wildman–Crippen LogP) is 1.65. The van der Waals surface area contributed by atoms with Crippen molar-refractivity contribution in [1.82, 2.24) is 0 Å². The van der Waals surface area contributed by atoms with Crippen LogP contribution in [0.5, 0.6) is 5.75 Å². The highest BCUT2D eigenvalue weighted by Crippen LogP contribution is 2.23. The zero-order valence-corrected chi connectivity index (χ0v) is 9.56. The summed E-state index contributed by atoms with van der Waals surface area (Å²) in [7, 11) is 0. The van der Waals surface area contributed by atoms with Gasteiger partial charge >= 0.3 is 0 Å². The smallest absolute Gasteiger partial charge is 0.221 e. The summed E-state index contributed by atoms with van der Waals surface area (Å²) in [5, 5.41) is 11.6. The molecule has 0 aliphatic rings. The number of para-hydroxylation sites is 2. The van der Waals surface area contributed by atoms with Gasteiger partial charge in [0.15, 0.2) is 0 Å². The first-order valence-electron chi connectivity index (χ1n) is 5.23. The highest BCUT2D eigenvalue weighted by molar-refractivity contribution is 5.90. The first kappa shape index (κ1) is 12.5. The highest BCUT2D eigenvalue weighted by Gasteiger charge is 2.06. The number of ether oxygens (including phenoxy) is 1. The van der Waals surface area contributed by atoms with Crippen LogP contribution in [-0.2, 0) is 4.79 Å². The standard InChI is InChI=1S/C12H17NO3/c1-9(7-14)8-16-12-6-4-3-5-11(12)13-10(2)15/h3-6,9,14H,7-8H2,1-2H3,(H,13,15). The predicted molar refractivity (Wildman–Crippen MR) is 62.5 cm³/mol. The summed E-state index contributed by atoms with van der Waals surface area (Å²) in [6.45, 7) is 3.85. The molecule has 0 aliphatic heterocycles. The number of anilines is 1. The molecule has 1 unspecified atom stereocenters.